The molecule has 0 aromatic carbocycles. The standard InChI is InChI=1S/C14H26N6.HI/c1-10-18-19-12-7-6-11(9-20(10)12)8-16-13(15-5)17-14(2,3)4;/h11H,6-9H2,1-5H3,(H2,15,16,17);1H. The summed E-state index contributed by atoms with van der Waals surface area (Å²) in [6.45, 7) is 10.3. The molecule has 0 saturated heterocycles. The lowest BCUT2D eigenvalue weighted by Gasteiger charge is -2.27. The second kappa shape index (κ2) is 7.42. The van der Waals surface area contributed by atoms with E-state index in [0.717, 1.165) is 43.5 Å². The van der Waals surface area contributed by atoms with Crippen molar-refractivity contribution in [3.8, 4) is 0 Å². The van der Waals surface area contributed by atoms with Gasteiger partial charge in [-0.1, -0.05) is 0 Å². The Bertz CT molecular complexity index is 488. The number of aromatic nitrogens is 3. The minimum absolute atomic E-state index is 0. The first kappa shape index (κ1) is 18.2. The summed E-state index contributed by atoms with van der Waals surface area (Å²) in [5.41, 5.74) is 0.0203. The molecule has 0 aliphatic carbocycles. The number of guanidine groups is 1. The summed E-state index contributed by atoms with van der Waals surface area (Å²) in [6, 6.07) is 0. The molecule has 6 nitrogen and oxygen atoms in total. The molecule has 0 saturated carbocycles. The molecule has 1 aromatic heterocycles. The summed E-state index contributed by atoms with van der Waals surface area (Å²) in [7, 11) is 1.81. The Morgan fingerprint density at radius 2 is 2.10 bits per heavy atom. The van der Waals surface area contributed by atoms with Gasteiger partial charge in [0.1, 0.15) is 11.6 Å². The summed E-state index contributed by atoms with van der Waals surface area (Å²) >= 11 is 0. The van der Waals surface area contributed by atoms with Gasteiger partial charge in [0.05, 0.1) is 0 Å². The molecule has 0 bridgehead atoms. The molecule has 1 aromatic rings. The molecule has 7 heteroatoms. The number of hydrogen-bond acceptors (Lipinski definition) is 3. The fourth-order valence-corrected chi connectivity index (χ4v) is 2.47. The first-order valence-corrected chi connectivity index (χ1v) is 7.26. The third-order valence-corrected chi connectivity index (χ3v) is 3.50. The van der Waals surface area contributed by atoms with Crippen molar-refractivity contribution in [1.29, 1.82) is 0 Å². The van der Waals surface area contributed by atoms with Crippen LogP contribution in [0.15, 0.2) is 4.99 Å². The van der Waals surface area contributed by atoms with E-state index in [4.69, 9.17) is 0 Å². The Labute approximate surface area is 144 Å². The average molecular weight is 406 g/mol. The van der Waals surface area contributed by atoms with Crippen molar-refractivity contribution in [3.05, 3.63) is 11.6 Å². The van der Waals surface area contributed by atoms with Crippen LogP contribution in [0.2, 0.25) is 0 Å². The minimum Gasteiger partial charge on any atom is -0.356 e. The van der Waals surface area contributed by atoms with Crippen molar-refractivity contribution in [3.63, 3.8) is 0 Å². The van der Waals surface area contributed by atoms with Crippen molar-refractivity contribution in [1.82, 2.24) is 25.4 Å². The van der Waals surface area contributed by atoms with Crippen LogP contribution in [0.3, 0.4) is 0 Å². The third kappa shape index (κ3) is 5.12. The van der Waals surface area contributed by atoms with Crippen molar-refractivity contribution >= 4 is 29.9 Å². The lowest BCUT2D eigenvalue weighted by molar-refractivity contribution is 0.357. The normalized spacial score (nSPS) is 18.7. The molecule has 0 radical (unpaired) electrons. The maximum Gasteiger partial charge on any atom is 0.191 e. The van der Waals surface area contributed by atoms with Crippen LogP contribution in [-0.4, -0.2) is 39.9 Å². The van der Waals surface area contributed by atoms with Gasteiger partial charge in [0.15, 0.2) is 5.96 Å². The van der Waals surface area contributed by atoms with Gasteiger partial charge >= 0.3 is 0 Å². The number of rotatable bonds is 2. The van der Waals surface area contributed by atoms with Gasteiger partial charge in [-0.05, 0) is 40.0 Å². The van der Waals surface area contributed by atoms with Gasteiger partial charge in [0.2, 0.25) is 0 Å². The molecule has 0 spiro atoms. The molecule has 21 heavy (non-hydrogen) atoms. The zero-order valence-electron chi connectivity index (χ0n) is 13.6. The molecule has 1 aliphatic heterocycles. The van der Waals surface area contributed by atoms with E-state index in [1.165, 1.54) is 0 Å². The molecule has 2 N–H and O–H groups in total. The first-order chi connectivity index (χ1) is 9.39. The Morgan fingerprint density at radius 1 is 1.38 bits per heavy atom. The summed E-state index contributed by atoms with van der Waals surface area (Å²) < 4.78 is 2.23. The SMILES string of the molecule is CN=C(NCC1CCc2nnc(C)n2C1)NC(C)(C)C.I. The number of nitrogens with zero attached hydrogens (tertiary/aromatic N) is 4. The van der Waals surface area contributed by atoms with Crippen molar-refractivity contribution in [2.45, 2.75) is 52.6 Å². The van der Waals surface area contributed by atoms with E-state index in [-0.39, 0.29) is 29.5 Å². The quantitative estimate of drug-likeness (QED) is 0.446. The summed E-state index contributed by atoms with van der Waals surface area (Å²) in [6.07, 6.45) is 2.16. The van der Waals surface area contributed by atoms with Crippen LogP contribution >= 0.6 is 24.0 Å². The van der Waals surface area contributed by atoms with Crippen LogP contribution in [0, 0.1) is 12.8 Å². The maximum atomic E-state index is 4.27. The molecule has 1 unspecified atom stereocenters. The van der Waals surface area contributed by atoms with Gasteiger partial charge in [-0.2, -0.15) is 0 Å². The molecular formula is C14H27IN6. The van der Waals surface area contributed by atoms with Gasteiger partial charge in [0, 0.05) is 32.1 Å². The summed E-state index contributed by atoms with van der Waals surface area (Å²) in [5, 5.41) is 15.2. The fourth-order valence-electron chi connectivity index (χ4n) is 2.47. The Kier molecular flexibility index (Phi) is 6.42. The smallest absolute Gasteiger partial charge is 0.191 e. The lowest BCUT2D eigenvalue weighted by Crippen LogP contribution is -2.49. The molecule has 2 heterocycles. The first-order valence-electron chi connectivity index (χ1n) is 7.26. The predicted molar refractivity (Wildman–Crippen MR) is 96.2 cm³/mol. The van der Waals surface area contributed by atoms with E-state index < -0.39 is 0 Å². The van der Waals surface area contributed by atoms with Crippen LogP contribution in [0.25, 0.3) is 0 Å². The largest absolute Gasteiger partial charge is 0.356 e. The highest BCUT2D eigenvalue weighted by atomic mass is 127. The summed E-state index contributed by atoms with van der Waals surface area (Å²) in [5.74, 6) is 3.59. The average Bonchev–Trinajstić information content (AvgIpc) is 2.75. The second-order valence-electron chi connectivity index (χ2n) is 6.51. The highest BCUT2D eigenvalue weighted by molar-refractivity contribution is 14.0. The third-order valence-electron chi connectivity index (χ3n) is 3.50. The zero-order chi connectivity index (χ0) is 14.8. The Balaban J connectivity index is 0.00000220. The monoisotopic (exact) mass is 406 g/mol. The Morgan fingerprint density at radius 3 is 2.71 bits per heavy atom. The van der Waals surface area contributed by atoms with Crippen LogP contribution in [0.4, 0.5) is 0 Å². The van der Waals surface area contributed by atoms with Crippen molar-refractivity contribution < 1.29 is 0 Å². The number of aliphatic imine (C=N–C) groups is 1. The van der Waals surface area contributed by atoms with E-state index in [0.29, 0.717) is 5.92 Å². The molecule has 1 aliphatic rings. The van der Waals surface area contributed by atoms with E-state index in [1.54, 1.807) is 0 Å². The highest BCUT2D eigenvalue weighted by Gasteiger charge is 2.22. The van der Waals surface area contributed by atoms with Crippen LogP contribution in [0.5, 0.6) is 0 Å². The van der Waals surface area contributed by atoms with Gasteiger partial charge in [-0.15, -0.1) is 34.2 Å². The van der Waals surface area contributed by atoms with Crippen LogP contribution in [-0.2, 0) is 13.0 Å². The molecule has 120 valence electrons. The lowest BCUT2D eigenvalue weighted by atomic mass is 9.99. The van der Waals surface area contributed by atoms with Gasteiger partial charge < -0.3 is 15.2 Å². The number of halogens is 1. The van der Waals surface area contributed by atoms with E-state index in [1.807, 2.05) is 14.0 Å². The van der Waals surface area contributed by atoms with Gasteiger partial charge in [-0.3, -0.25) is 4.99 Å². The summed E-state index contributed by atoms with van der Waals surface area (Å²) in [4.78, 5) is 4.27. The van der Waals surface area contributed by atoms with Gasteiger partial charge in [0.25, 0.3) is 0 Å². The van der Waals surface area contributed by atoms with Crippen LogP contribution < -0.4 is 10.6 Å². The van der Waals surface area contributed by atoms with E-state index in [9.17, 15) is 0 Å². The Hall–Kier alpha value is -0.860. The highest BCUT2D eigenvalue weighted by Crippen LogP contribution is 2.19. The van der Waals surface area contributed by atoms with E-state index in [2.05, 4.69) is 51.2 Å². The van der Waals surface area contributed by atoms with E-state index >= 15 is 0 Å². The number of nitrogens with one attached hydrogen (secondary N) is 2. The van der Waals surface area contributed by atoms with Gasteiger partial charge in [-0.25, -0.2) is 0 Å². The topological polar surface area (TPSA) is 67.1 Å². The molecule has 0 fully saturated rings. The fraction of sp³-hybridized carbons (Fsp3) is 0.786. The van der Waals surface area contributed by atoms with Crippen molar-refractivity contribution in [2.75, 3.05) is 13.6 Å². The molecule has 2 rings (SSSR count). The maximum absolute atomic E-state index is 4.27. The molecule has 0 amide bonds. The molecule has 1 atom stereocenters. The zero-order valence-corrected chi connectivity index (χ0v) is 15.9. The number of hydrogen-bond donors (Lipinski definition) is 2. The van der Waals surface area contributed by atoms with Crippen molar-refractivity contribution in [2.24, 2.45) is 10.9 Å². The second-order valence-corrected chi connectivity index (χ2v) is 6.51. The number of aryl methyl sites for hydroxylation is 2. The minimum atomic E-state index is 0. The van der Waals surface area contributed by atoms with Crippen LogP contribution in [0.1, 0.15) is 38.8 Å². The predicted octanol–water partition coefficient (Wildman–Crippen LogP) is 1.73. The number of fused-ring (bicyclic) bond motifs is 1. The molecular weight excluding hydrogens is 379 g/mol.